The lowest BCUT2D eigenvalue weighted by Crippen LogP contribution is -2.48. The van der Waals surface area contributed by atoms with Crippen LogP contribution in [0.2, 0.25) is 0 Å². The van der Waals surface area contributed by atoms with Crippen LogP contribution in [0.25, 0.3) is 0 Å². The summed E-state index contributed by atoms with van der Waals surface area (Å²) in [6.45, 7) is 7.36. The van der Waals surface area contributed by atoms with Gasteiger partial charge in [0, 0.05) is 20.0 Å². The number of carbonyl (C=O) groups excluding carboxylic acids is 1. The molecule has 3 heteroatoms. The molecule has 1 saturated heterocycles. The summed E-state index contributed by atoms with van der Waals surface area (Å²) >= 11 is 0. The van der Waals surface area contributed by atoms with Crippen molar-refractivity contribution in [3.8, 4) is 0 Å². The highest BCUT2D eigenvalue weighted by atomic mass is 16.5. The molecule has 1 heterocycles. The number of hydrogen-bond acceptors (Lipinski definition) is 2. The molecule has 0 aliphatic carbocycles. The number of ether oxygens (including phenoxy) is 1. The first-order valence-corrected chi connectivity index (χ1v) is 5.08. The molecule has 1 fully saturated rings. The van der Waals surface area contributed by atoms with Crippen LogP contribution in [0.4, 0.5) is 0 Å². The molecule has 1 aliphatic heterocycles. The first-order chi connectivity index (χ1) is 6.17. The monoisotopic (exact) mass is 185 g/mol. The van der Waals surface area contributed by atoms with Crippen molar-refractivity contribution < 1.29 is 9.53 Å². The predicted octanol–water partition coefficient (Wildman–Crippen LogP) is 1.42. The zero-order chi connectivity index (χ0) is 9.84. The Labute approximate surface area is 80.1 Å². The maximum absolute atomic E-state index is 11.2. The molecule has 0 aromatic carbocycles. The largest absolute Gasteiger partial charge is 0.371 e. The van der Waals surface area contributed by atoms with E-state index in [-0.39, 0.29) is 18.1 Å². The summed E-state index contributed by atoms with van der Waals surface area (Å²) in [6, 6.07) is 0. The van der Waals surface area contributed by atoms with Crippen molar-refractivity contribution in [1.82, 2.24) is 4.90 Å². The maximum atomic E-state index is 11.2. The second-order valence-electron chi connectivity index (χ2n) is 3.62. The number of hydrogen-bond donors (Lipinski definition) is 0. The van der Waals surface area contributed by atoms with Gasteiger partial charge in [0.05, 0.1) is 12.2 Å². The van der Waals surface area contributed by atoms with E-state index in [9.17, 15) is 4.79 Å². The van der Waals surface area contributed by atoms with E-state index in [1.54, 1.807) is 6.92 Å². The van der Waals surface area contributed by atoms with Crippen molar-refractivity contribution >= 4 is 5.91 Å². The van der Waals surface area contributed by atoms with E-state index in [4.69, 9.17) is 4.74 Å². The summed E-state index contributed by atoms with van der Waals surface area (Å²) in [5.41, 5.74) is 0. The second kappa shape index (κ2) is 4.61. The molecular weight excluding hydrogens is 166 g/mol. The van der Waals surface area contributed by atoms with E-state index < -0.39 is 0 Å². The van der Waals surface area contributed by atoms with Crippen LogP contribution in [0.15, 0.2) is 0 Å². The van der Waals surface area contributed by atoms with Crippen molar-refractivity contribution in [2.45, 2.75) is 45.8 Å². The van der Waals surface area contributed by atoms with Gasteiger partial charge in [0.2, 0.25) is 5.91 Å². The van der Waals surface area contributed by atoms with Crippen LogP contribution in [0.1, 0.15) is 33.6 Å². The summed E-state index contributed by atoms with van der Waals surface area (Å²) in [5, 5.41) is 0. The van der Waals surface area contributed by atoms with Gasteiger partial charge in [-0.05, 0) is 12.8 Å². The molecular formula is C10H19NO2. The van der Waals surface area contributed by atoms with E-state index in [0.29, 0.717) is 0 Å². The van der Waals surface area contributed by atoms with E-state index in [0.717, 1.165) is 25.9 Å². The molecule has 0 N–H and O–H groups in total. The average Bonchev–Trinajstić information content (AvgIpc) is 2.16. The number of morpholine rings is 1. The topological polar surface area (TPSA) is 29.5 Å². The Balaban J connectivity index is 2.54. The molecule has 0 saturated carbocycles. The van der Waals surface area contributed by atoms with E-state index in [2.05, 4.69) is 13.8 Å². The van der Waals surface area contributed by atoms with E-state index >= 15 is 0 Å². The smallest absolute Gasteiger partial charge is 0.219 e. The predicted molar refractivity (Wildman–Crippen MR) is 51.5 cm³/mol. The highest BCUT2D eigenvalue weighted by Crippen LogP contribution is 2.15. The van der Waals surface area contributed by atoms with Crippen LogP contribution in [0.3, 0.4) is 0 Å². The summed E-state index contributed by atoms with van der Waals surface area (Å²) in [5.74, 6) is 0.167. The van der Waals surface area contributed by atoms with Gasteiger partial charge in [-0.15, -0.1) is 0 Å². The highest BCUT2D eigenvalue weighted by Gasteiger charge is 2.26. The number of carbonyl (C=O) groups is 1. The number of nitrogens with zero attached hydrogens (tertiary/aromatic N) is 1. The normalized spacial score (nSPS) is 29.0. The average molecular weight is 185 g/mol. The SMILES string of the molecule is CC[C@@H]1CN(C(C)=O)C[C@H](CC)O1. The van der Waals surface area contributed by atoms with Gasteiger partial charge >= 0.3 is 0 Å². The molecule has 76 valence electrons. The highest BCUT2D eigenvalue weighted by molar-refractivity contribution is 5.73. The second-order valence-corrected chi connectivity index (χ2v) is 3.62. The Bertz CT molecular complexity index is 170. The van der Waals surface area contributed by atoms with Crippen molar-refractivity contribution in [3.63, 3.8) is 0 Å². The number of rotatable bonds is 2. The zero-order valence-corrected chi connectivity index (χ0v) is 8.75. The van der Waals surface area contributed by atoms with Crippen molar-refractivity contribution in [2.24, 2.45) is 0 Å². The van der Waals surface area contributed by atoms with Gasteiger partial charge in [0.15, 0.2) is 0 Å². The van der Waals surface area contributed by atoms with Crippen LogP contribution < -0.4 is 0 Å². The summed E-state index contributed by atoms with van der Waals surface area (Å²) in [4.78, 5) is 13.1. The molecule has 13 heavy (non-hydrogen) atoms. The third-order valence-corrected chi connectivity index (χ3v) is 2.59. The Morgan fingerprint density at radius 3 is 2.08 bits per heavy atom. The first kappa shape index (κ1) is 10.5. The summed E-state index contributed by atoms with van der Waals surface area (Å²) in [6.07, 6.45) is 2.45. The molecule has 2 atom stereocenters. The molecule has 0 spiro atoms. The fourth-order valence-corrected chi connectivity index (χ4v) is 1.63. The quantitative estimate of drug-likeness (QED) is 0.651. The van der Waals surface area contributed by atoms with Gasteiger partial charge in [-0.3, -0.25) is 4.79 Å². The lowest BCUT2D eigenvalue weighted by molar-refractivity contribution is -0.143. The summed E-state index contributed by atoms with van der Waals surface area (Å²) < 4.78 is 5.77. The molecule has 0 aromatic heterocycles. The van der Waals surface area contributed by atoms with Crippen molar-refractivity contribution in [3.05, 3.63) is 0 Å². The molecule has 1 aliphatic rings. The summed E-state index contributed by atoms with van der Waals surface area (Å²) in [7, 11) is 0. The molecule has 3 nitrogen and oxygen atoms in total. The lowest BCUT2D eigenvalue weighted by Gasteiger charge is -2.37. The van der Waals surface area contributed by atoms with Gasteiger partial charge in [0.1, 0.15) is 0 Å². The van der Waals surface area contributed by atoms with Crippen molar-refractivity contribution in [2.75, 3.05) is 13.1 Å². The third-order valence-electron chi connectivity index (χ3n) is 2.59. The van der Waals surface area contributed by atoms with E-state index in [1.807, 2.05) is 4.90 Å². The molecule has 0 radical (unpaired) electrons. The minimum atomic E-state index is 0.167. The number of amides is 1. The fourth-order valence-electron chi connectivity index (χ4n) is 1.63. The van der Waals surface area contributed by atoms with Crippen molar-refractivity contribution in [1.29, 1.82) is 0 Å². The fraction of sp³-hybridized carbons (Fsp3) is 0.900. The van der Waals surface area contributed by atoms with Gasteiger partial charge in [0.25, 0.3) is 0 Å². The molecule has 1 amide bonds. The Morgan fingerprint density at radius 2 is 1.77 bits per heavy atom. The Kier molecular flexibility index (Phi) is 3.72. The molecule has 0 aromatic rings. The minimum absolute atomic E-state index is 0.167. The Morgan fingerprint density at radius 1 is 1.31 bits per heavy atom. The molecule has 0 bridgehead atoms. The Hall–Kier alpha value is -0.570. The first-order valence-electron chi connectivity index (χ1n) is 5.08. The van der Waals surface area contributed by atoms with Gasteiger partial charge in [-0.2, -0.15) is 0 Å². The zero-order valence-electron chi connectivity index (χ0n) is 8.75. The third kappa shape index (κ3) is 2.69. The van der Waals surface area contributed by atoms with Crippen LogP contribution in [-0.2, 0) is 9.53 Å². The molecule has 0 unspecified atom stereocenters. The van der Waals surface area contributed by atoms with Gasteiger partial charge in [-0.1, -0.05) is 13.8 Å². The maximum Gasteiger partial charge on any atom is 0.219 e. The van der Waals surface area contributed by atoms with Crippen LogP contribution in [0.5, 0.6) is 0 Å². The van der Waals surface area contributed by atoms with E-state index in [1.165, 1.54) is 0 Å². The van der Waals surface area contributed by atoms with Gasteiger partial charge < -0.3 is 9.64 Å². The minimum Gasteiger partial charge on any atom is -0.371 e. The molecule has 1 rings (SSSR count). The van der Waals surface area contributed by atoms with Gasteiger partial charge in [-0.25, -0.2) is 0 Å². The van der Waals surface area contributed by atoms with Crippen LogP contribution in [0, 0.1) is 0 Å². The standard InChI is InChI=1S/C10H19NO2/c1-4-9-6-11(8(3)12)7-10(5-2)13-9/h9-10H,4-7H2,1-3H3/t9-,10+. The van der Waals surface area contributed by atoms with Crippen LogP contribution >= 0.6 is 0 Å². The van der Waals surface area contributed by atoms with Crippen LogP contribution in [-0.4, -0.2) is 36.1 Å². The lowest BCUT2D eigenvalue weighted by atomic mass is 10.1.